The number of carbonyl (C=O) groups is 1. The number of aryl methyl sites for hydroxylation is 2. The van der Waals surface area contributed by atoms with Crippen molar-refractivity contribution < 1.29 is 4.79 Å². The van der Waals surface area contributed by atoms with E-state index in [4.69, 9.17) is 0 Å². The molecule has 3 heterocycles. The van der Waals surface area contributed by atoms with Crippen LogP contribution >= 0.6 is 22.7 Å². The molecule has 0 radical (unpaired) electrons. The van der Waals surface area contributed by atoms with Crippen molar-refractivity contribution in [3.05, 3.63) is 56.1 Å². The van der Waals surface area contributed by atoms with Crippen LogP contribution in [-0.4, -0.2) is 15.9 Å². The van der Waals surface area contributed by atoms with E-state index in [1.54, 1.807) is 12.1 Å². The number of carbonyl (C=O) groups excluding carboxylic acids is 1. The smallest absolute Gasteiger partial charge is 0.263 e. The number of nitrogens with one attached hydrogen (secondary N) is 2. The molecule has 25 heavy (non-hydrogen) atoms. The lowest BCUT2D eigenvalue weighted by Crippen LogP contribution is -2.23. The molecule has 2 N–H and O–H groups in total. The molecule has 1 amide bonds. The molecular formula is C18H19N3O2S2. The van der Waals surface area contributed by atoms with Crippen molar-refractivity contribution in [1.29, 1.82) is 0 Å². The second kappa shape index (κ2) is 7.76. The van der Waals surface area contributed by atoms with Gasteiger partial charge in [-0.1, -0.05) is 26.3 Å². The van der Waals surface area contributed by atoms with Crippen LogP contribution in [0.1, 0.15) is 41.2 Å². The minimum absolute atomic E-state index is 0.0885. The van der Waals surface area contributed by atoms with Crippen molar-refractivity contribution in [2.45, 2.75) is 33.1 Å². The molecule has 0 aliphatic heterocycles. The lowest BCUT2D eigenvalue weighted by molar-refractivity contribution is 0.102. The summed E-state index contributed by atoms with van der Waals surface area (Å²) >= 11 is 3.01. The Bertz CT molecular complexity index is 926. The number of hydrogen-bond donors (Lipinski definition) is 2. The van der Waals surface area contributed by atoms with Gasteiger partial charge in [-0.15, -0.1) is 22.7 Å². The van der Waals surface area contributed by atoms with Crippen LogP contribution in [0.4, 0.5) is 5.13 Å². The number of nitrogens with zero attached hydrogens (tertiary/aromatic N) is 1. The second-order valence-corrected chi connectivity index (χ2v) is 7.57. The molecule has 5 nitrogen and oxygen atoms in total. The van der Waals surface area contributed by atoms with Gasteiger partial charge in [0.1, 0.15) is 5.56 Å². The third-order valence-corrected chi connectivity index (χ3v) is 5.81. The summed E-state index contributed by atoms with van der Waals surface area (Å²) in [6.45, 7) is 4.18. The van der Waals surface area contributed by atoms with Crippen LogP contribution in [0.25, 0.3) is 10.6 Å². The van der Waals surface area contributed by atoms with Gasteiger partial charge < -0.3 is 4.98 Å². The summed E-state index contributed by atoms with van der Waals surface area (Å²) in [7, 11) is 0. The Balaban J connectivity index is 1.81. The molecule has 0 fully saturated rings. The van der Waals surface area contributed by atoms with E-state index in [1.807, 2.05) is 17.5 Å². The topological polar surface area (TPSA) is 74.8 Å². The third kappa shape index (κ3) is 3.88. The Morgan fingerprint density at radius 2 is 2.12 bits per heavy atom. The molecule has 0 spiro atoms. The number of H-pyrrole nitrogens is 1. The molecule has 0 atom stereocenters. The maximum Gasteiger partial charge on any atom is 0.263 e. The molecule has 0 bridgehead atoms. The van der Waals surface area contributed by atoms with Gasteiger partial charge in [0.2, 0.25) is 0 Å². The van der Waals surface area contributed by atoms with Crippen LogP contribution in [0.3, 0.4) is 0 Å². The van der Waals surface area contributed by atoms with Gasteiger partial charge in [0, 0.05) is 4.88 Å². The molecule has 0 aliphatic carbocycles. The summed E-state index contributed by atoms with van der Waals surface area (Å²) in [6.07, 6.45) is 2.79. The van der Waals surface area contributed by atoms with Crippen LogP contribution in [0.15, 0.2) is 34.4 Å². The maximum absolute atomic E-state index is 12.4. The minimum atomic E-state index is -0.432. The first-order valence-corrected chi connectivity index (χ1v) is 9.89. The van der Waals surface area contributed by atoms with Crippen LogP contribution < -0.4 is 10.9 Å². The van der Waals surface area contributed by atoms with Gasteiger partial charge in [0.25, 0.3) is 11.5 Å². The molecule has 130 valence electrons. The predicted molar refractivity (Wildman–Crippen MR) is 104 cm³/mol. The Labute approximate surface area is 153 Å². The van der Waals surface area contributed by atoms with Gasteiger partial charge in [0.05, 0.1) is 16.3 Å². The largest absolute Gasteiger partial charge is 0.321 e. The number of anilines is 1. The van der Waals surface area contributed by atoms with E-state index in [9.17, 15) is 9.59 Å². The van der Waals surface area contributed by atoms with E-state index in [1.165, 1.54) is 27.6 Å². The summed E-state index contributed by atoms with van der Waals surface area (Å²) in [4.78, 5) is 34.1. The highest BCUT2D eigenvalue weighted by Gasteiger charge is 2.15. The Morgan fingerprint density at radius 1 is 1.28 bits per heavy atom. The molecule has 3 aromatic rings. The molecule has 3 aromatic heterocycles. The standard InChI is InChI=1S/C18H19N3O2S2/c1-3-6-12-14(4-2)25-18(20-12)21-17(23)11-8-9-13(19-16(11)22)15-7-5-10-24-15/h5,7-10H,3-4,6H2,1-2H3,(H,19,22)(H,20,21,23). The number of thiophene rings is 1. The molecule has 0 aromatic carbocycles. The maximum atomic E-state index is 12.4. The van der Waals surface area contributed by atoms with Gasteiger partial charge >= 0.3 is 0 Å². The van der Waals surface area contributed by atoms with Gasteiger partial charge in [-0.2, -0.15) is 0 Å². The van der Waals surface area contributed by atoms with Crippen molar-refractivity contribution in [3.8, 4) is 10.6 Å². The van der Waals surface area contributed by atoms with Gasteiger partial charge in [-0.05, 0) is 36.4 Å². The number of aromatic nitrogens is 2. The zero-order valence-corrected chi connectivity index (χ0v) is 15.7. The second-order valence-electron chi connectivity index (χ2n) is 5.54. The fourth-order valence-corrected chi connectivity index (χ4v) is 4.19. The number of aromatic amines is 1. The minimum Gasteiger partial charge on any atom is -0.321 e. The summed E-state index contributed by atoms with van der Waals surface area (Å²) < 4.78 is 0. The molecule has 0 aliphatic rings. The average molecular weight is 374 g/mol. The van der Waals surface area contributed by atoms with E-state index in [0.717, 1.165) is 29.8 Å². The quantitative estimate of drug-likeness (QED) is 0.675. The van der Waals surface area contributed by atoms with Crippen LogP contribution in [-0.2, 0) is 12.8 Å². The highest BCUT2D eigenvalue weighted by Crippen LogP contribution is 2.25. The molecular weight excluding hydrogens is 354 g/mol. The van der Waals surface area contributed by atoms with Crippen molar-refractivity contribution in [1.82, 2.24) is 9.97 Å². The SMILES string of the molecule is CCCc1nc(NC(=O)c2ccc(-c3cccs3)[nH]c2=O)sc1CC. The van der Waals surface area contributed by atoms with E-state index in [2.05, 4.69) is 29.1 Å². The normalized spacial score (nSPS) is 10.8. The number of rotatable bonds is 6. The lowest BCUT2D eigenvalue weighted by Gasteiger charge is -2.03. The molecule has 0 saturated heterocycles. The first kappa shape index (κ1) is 17.6. The zero-order chi connectivity index (χ0) is 17.8. The third-order valence-electron chi connectivity index (χ3n) is 3.75. The highest BCUT2D eigenvalue weighted by atomic mass is 32.1. The number of thiazole rings is 1. The Hall–Kier alpha value is -2.25. The number of pyridine rings is 1. The van der Waals surface area contributed by atoms with Crippen molar-refractivity contribution >= 4 is 33.7 Å². The fraction of sp³-hybridized carbons (Fsp3) is 0.278. The number of hydrogen-bond acceptors (Lipinski definition) is 5. The Kier molecular flexibility index (Phi) is 5.45. The zero-order valence-electron chi connectivity index (χ0n) is 14.1. The average Bonchev–Trinajstić information content (AvgIpc) is 3.25. The summed E-state index contributed by atoms with van der Waals surface area (Å²) in [5, 5.41) is 5.25. The first-order valence-electron chi connectivity index (χ1n) is 8.19. The van der Waals surface area contributed by atoms with Crippen molar-refractivity contribution in [3.63, 3.8) is 0 Å². The first-order chi connectivity index (χ1) is 12.1. The molecule has 3 rings (SSSR count). The fourth-order valence-electron chi connectivity index (χ4n) is 2.54. The van der Waals surface area contributed by atoms with Gasteiger partial charge in [-0.25, -0.2) is 4.98 Å². The number of amides is 1. The van der Waals surface area contributed by atoms with Crippen LogP contribution in [0, 0.1) is 0 Å². The van der Waals surface area contributed by atoms with Crippen LogP contribution in [0.5, 0.6) is 0 Å². The van der Waals surface area contributed by atoms with Gasteiger partial charge in [0.15, 0.2) is 5.13 Å². The Morgan fingerprint density at radius 3 is 2.76 bits per heavy atom. The van der Waals surface area contributed by atoms with Crippen molar-refractivity contribution in [2.75, 3.05) is 5.32 Å². The van der Waals surface area contributed by atoms with E-state index >= 15 is 0 Å². The van der Waals surface area contributed by atoms with Crippen molar-refractivity contribution in [2.24, 2.45) is 0 Å². The highest BCUT2D eigenvalue weighted by molar-refractivity contribution is 7.15. The van der Waals surface area contributed by atoms with Gasteiger partial charge in [-0.3, -0.25) is 14.9 Å². The monoisotopic (exact) mass is 373 g/mol. The van der Waals surface area contributed by atoms with Crippen LogP contribution in [0.2, 0.25) is 0 Å². The molecule has 7 heteroatoms. The van der Waals surface area contributed by atoms with E-state index < -0.39 is 11.5 Å². The lowest BCUT2D eigenvalue weighted by atomic mass is 10.2. The predicted octanol–water partition coefficient (Wildman–Crippen LogP) is 4.33. The van der Waals surface area contributed by atoms with E-state index in [0.29, 0.717) is 10.8 Å². The molecule has 0 unspecified atom stereocenters. The summed E-state index contributed by atoms with van der Waals surface area (Å²) in [6, 6.07) is 7.15. The summed E-state index contributed by atoms with van der Waals surface area (Å²) in [5.74, 6) is -0.432. The molecule has 0 saturated carbocycles. The summed E-state index contributed by atoms with van der Waals surface area (Å²) in [5.41, 5.74) is 1.44. The van der Waals surface area contributed by atoms with E-state index in [-0.39, 0.29) is 5.56 Å².